The van der Waals surface area contributed by atoms with Crippen molar-refractivity contribution in [2.24, 2.45) is 0 Å². The molecule has 6 nitrogen and oxygen atoms in total. The first kappa shape index (κ1) is 22.9. The molecule has 3 aromatic carbocycles. The molecule has 0 radical (unpaired) electrons. The first-order valence-electron chi connectivity index (χ1n) is 10.5. The fourth-order valence-corrected chi connectivity index (χ4v) is 5.63. The van der Waals surface area contributed by atoms with Crippen LogP contribution >= 0.6 is 11.6 Å². The summed E-state index contributed by atoms with van der Waals surface area (Å²) >= 11 is 6.04. The van der Waals surface area contributed by atoms with E-state index in [9.17, 15) is 8.42 Å². The minimum Gasteiger partial charge on any atom is -0.497 e. The summed E-state index contributed by atoms with van der Waals surface area (Å²) in [7, 11) is -0.248. The maximum Gasteiger partial charge on any atom is 0.243 e. The van der Waals surface area contributed by atoms with E-state index in [1.165, 1.54) is 0 Å². The van der Waals surface area contributed by atoms with Crippen LogP contribution in [-0.2, 0) is 16.4 Å². The van der Waals surface area contributed by atoms with Gasteiger partial charge in [0.2, 0.25) is 10.0 Å². The zero-order valence-corrected chi connectivity index (χ0v) is 19.8. The third-order valence-corrected chi connectivity index (χ3v) is 8.00. The molecule has 0 aromatic heterocycles. The molecule has 0 amide bonds. The quantitative estimate of drug-likeness (QED) is 0.517. The fraction of sp³-hybridized carbons (Fsp3) is 0.333. The molecule has 170 valence electrons. The van der Waals surface area contributed by atoms with Gasteiger partial charge >= 0.3 is 0 Å². The molecule has 8 heteroatoms. The van der Waals surface area contributed by atoms with Crippen molar-refractivity contribution in [1.29, 1.82) is 0 Å². The summed E-state index contributed by atoms with van der Waals surface area (Å²) in [5.41, 5.74) is 1.13. The van der Waals surface area contributed by atoms with Crippen LogP contribution in [0.2, 0.25) is 5.02 Å². The van der Waals surface area contributed by atoms with E-state index in [1.807, 2.05) is 36.4 Å². The highest BCUT2D eigenvalue weighted by atomic mass is 35.5. The van der Waals surface area contributed by atoms with Crippen molar-refractivity contribution >= 4 is 32.4 Å². The van der Waals surface area contributed by atoms with Crippen molar-refractivity contribution in [2.45, 2.75) is 11.3 Å². The minimum absolute atomic E-state index is 0.323. The molecule has 3 aromatic rings. The van der Waals surface area contributed by atoms with E-state index < -0.39 is 10.0 Å². The molecular formula is C24H27ClN2O4S. The topological polar surface area (TPSA) is 59.1 Å². The molecule has 0 saturated carbocycles. The Morgan fingerprint density at radius 3 is 2.12 bits per heavy atom. The third-order valence-electron chi connectivity index (χ3n) is 5.87. The van der Waals surface area contributed by atoms with E-state index in [4.69, 9.17) is 21.1 Å². The Labute approximate surface area is 194 Å². The van der Waals surface area contributed by atoms with Gasteiger partial charge in [0.05, 0.1) is 19.1 Å². The number of rotatable bonds is 7. The summed E-state index contributed by atoms with van der Waals surface area (Å²) in [5.74, 6) is 1.54. The number of sulfonamides is 1. The van der Waals surface area contributed by atoms with Crippen LogP contribution in [0.5, 0.6) is 11.5 Å². The van der Waals surface area contributed by atoms with E-state index in [2.05, 4.69) is 4.90 Å². The van der Waals surface area contributed by atoms with Gasteiger partial charge in [0.25, 0.3) is 0 Å². The second-order valence-electron chi connectivity index (χ2n) is 7.87. The molecule has 0 aliphatic carbocycles. The summed E-state index contributed by atoms with van der Waals surface area (Å²) in [6, 6.07) is 16.5. The molecule has 1 saturated heterocycles. The van der Waals surface area contributed by atoms with Gasteiger partial charge in [-0.3, -0.25) is 0 Å². The first-order chi connectivity index (χ1) is 15.4. The van der Waals surface area contributed by atoms with E-state index in [-0.39, 0.29) is 0 Å². The van der Waals surface area contributed by atoms with E-state index in [1.54, 1.807) is 36.7 Å². The van der Waals surface area contributed by atoms with Gasteiger partial charge in [-0.15, -0.1) is 0 Å². The number of hydrogen-bond acceptors (Lipinski definition) is 5. The van der Waals surface area contributed by atoms with Crippen molar-refractivity contribution in [1.82, 2.24) is 9.21 Å². The lowest BCUT2D eigenvalue weighted by Gasteiger charge is -2.34. The predicted molar refractivity (Wildman–Crippen MR) is 127 cm³/mol. The number of hydrogen-bond donors (Lipinski definition) is 0. The summed E-state index contributed by atoms with van der Waals surface area (Å²) < 4.78 is 38.6. The van der Waals surface area contributed by atoms with Crippen LogP contribution < -0.4 is 9.47 Å². The van der Waals surface area contributed by atoms with Crippen molar-refractivity contribution < 1.29 is 17.9 Å². The second-order valence-corrected chi connectivity index (χ2v) is 10.2. The summed E-state index contributed by atoms with van der Waals surface area (Å²) in [6.07, 6.45) is 0.841. The molecule has 32 heavy (non-hydrogen) atoms. The van der Waals surface area contributed by atoms with Gasteiger partial charge < -0.3 is 14.4 Å². The first-order valence-corrected chi connectivity index (χ1v) is 12.3. The molecule has 0 bridgehead atoms. The fourth-order valence-electron chi connectivity index (χ4n) is 4.00. The van der Waals surface area contributed by atoms with Crippen LogP contribution in [0.4, 0.5) is 0 Å². The predicted octanol–water partition coefficient (Wildman–Crippen LogP) is 4.06. The van der Waals surface area contributed by atoms with E-state index >= 15 is 0 Å². The van der Waals surface area contributed by atoms with Crippen LogP contribution in [0.3, 0.4) is 0 Å². The molecule has 0 N–H and O–H groups in total. The van der Waals surface area contributed by atoms with Gasteiger partial charge in [0.1, 0.15) is 11.5 Å². The SMILES string of the molecule is COc1cc(CCN2CCN(S(=O)(=O)c3ccc4cc(Cl)ccc4c3)CC2)cc(OC)c1. The smallest absolute Gasteiger partial charge is 0.243 e. The van der Waals surface area contributed by atoms with Gasteiger partial charge in [-0.2, -0.15) is 4.31 Å². The highest BCUT2D eigenvalue weighted by molar-refractivity contribution is 7.89. The second kappa shape index (κ2) is 9.67. The average molecular weight is 475 g/mol. The van der Waals surface area contributed by atoms with Crippen molar-refractivity contribution in [3.63, 3.8) is 0 Å². The van der Waals surface area contributed by atoms with Gasteiger partial charge in [-0.25, -0.2) is 8.42 Å². The lowest BCUT2D eigenvalue weighted by molar-refractivity contribution is 0.190. The molecule has 1 aliphatic heterocycles. The summed E-state index contributed by atoms with van der Waals surface area (Å²) in [4.78, 5) is 2.62. The Morgan fingerprint density at radius 2 is 1.47 bits per heavy atom. The lowest BCUT2D eigenvalue weighted by Crippen LogP contribution is -2.48. The normalized spacial score (nSPS) is 15.7. The highest BCUT2D eigenvalue weighted by Gasteiger charge is 2.28. The highest BCUT2D eigenvalue weighted by Crippen LogP contribution is 2.26. The lowest BCUT2D eigenvalue weighted by atomic mass is 10.1. The van der Waals surface area contributed by atoms with Gasteiger partial charge in [-0.1, -0.05) is 23.7 Å². The van der Waals surface area contributed by atoms with Crippen LogP contribution in [0.15, 0.2) is 59.5 Å². The average Bonchev–Trinajstić information content (AvgIpc) is 2.82. The number of methoxy groups -OCH3 is 2. The van der Waals surface area contributed by atoms with Gasteiger partial charge in [0.15, 0.2) is 0 Å². The van der Waals surface area contributed by atoms with E-state index in [0.29, 0.717) is 36.1 Å². The third kappa shape index (κ3) is 5.02. The number of ether oxygens (including phenoxy) is 2. The molecule has 0 unspecified atom stereocenters. The molecular weight excluding hydrogens is 448 g/mol. The maximum atomic E-state index is 13.2. The number of benzene rings is 3. The monoisotopic (exact) mass is 474 g/mol. The van der Waals surface area contributed by atoms with Crippen LogP contribution in [0, 0.1) is 0 Å². The number of piperazine rings is 1. The molecule has 1 aliphatic rings. The summed E-state index contributed by atoms with van der Waals surface area (Å²) in [5, 5.41) is 2.43. The molecule has 1 heterocycles. The molecule has 4 rings (SSSR count). The molecule has 1 fully saturated rings. The Bertz CT molecular complexity index is 1190. The van der Waals surface area contributed by atoms with Crippen molar-refractivity contribution in [3.05, 3.63) is 65.2 Å². The Kier molecular flexibility index (Phi) is 6.90. The minimum atomic E-state index is -3.53. The molecule has 0 spiro atoms. The number of fused-ring (bicyclic) bond motifs is 1. The zero-order chi connectivity index (χ0) is 22.7. The van der Waals surface area contributed by atoms with Crippen LogP contribution in [-0.4, -0.2) is 64.6 Å². The van der Waals surface area contributed by atoms with Crippen LogP contribution in [0.25, 0.3) is 10.8 Å². The Morgan fingerprint density at radius 1 is 0.844 bits per heavy atom. The van der Waals surface area contributed by atoms with Gasteiger partial charge in [-0.05, 0) is 59.2 Å². The summed E-state index contributed by atoms with van der Waals surface area (Å²) in [6.45, 7) is 3.19. The maximum absolute atomic E-state index is 13.2. The van der Waals surface area contributed by atoms with E-state index in [0.717, 1.165) is 40.8 Å². The molecule has 0 atom stereocenters. The largest absolute Gasteiger partial charge is 0.497 e. The van der Waals surface area contributed by atoms with Crippen molar-refractivity contribution in [2.75, 3.05) is 46.9 Å². The van der Waals surface area contributed by atoms with Crippen molar-refractivity contribution in [3.8, 4) is 11.5 Å². The van der Waals surface area contributed by atoms with Gasteiger partial charge in [0, 0.05) is 43.8 Å². The Hall–Kier alpha value is -2.32. The van der Waals surface area contributed by atoms with Crippen LogP contribution in [0.1, 0.15) is 5.56 Å². The standard InChI is InChI=1S/C24H27ClN2O4S/c1-30-22-13-18(14-23(17-22)31-2)7-8-26-9-11-27(12-10-26)32(28,29)24-6-4-19-15-21(25)5-3-20(19)16-24/h3-6,13-17H,7-12H2,1-2H3. The Balaban J connectivity index is 1.38. The number of halogens is 1. The number of nitrogens with zero attached hydrogens (tertiary/aromatic N) is 2. The zero-order valence-electron chi connectivity index (χ0n) is 18.3.